The molecule has 5 nitrogen and oxygen atoms in total. The predicted molar refractivity (Wildman–Crippen MR) is 45.8 cm³/mol. The van der Waals surface area contributed by atoms with Crippen molar-refractivity contribution in [3.8, 4) is 5.75 Å². The maximum absolute atomic E-state index is 12.1. The van der Waals surface area contributed by atoms with E-state index in [0.29, 0.717) is 6.07 Å². The molecule has 16 heavy (non-hydrogen) atoms. The minimum absolute atomic E-state index is 0.480. The molecule has 0 fully saturated rings. The lowest BCUT2D eigenvalue weighted by Gasteiger charge is -2.15. The number of non-ortho nitro benzene ring substituents is 1. The van der Waals surface area contributed by atoms with Gasteiger partial charge in [0.05, 0.1) is 4.92 Å². The fourth-order valence-corrected chi connectivity index (χ4v) is 1.05. The first-order chi connectivity index (χ1) is 7.23. The second-order valence-electron chi connectivity index (χ2n) is 2.94. The molecule has 0 amide bonds. The molecule has 0 aromatic heterocycles. The third-order valence-corrected chi connectivity index (χ3v) is 1.83. The molecule has 1 aromatic carbocycles. The minimum atomic E-state index is -4.99. The molecule has 0 aliphatic heterocycles. The Morgan fingerprint density at radius 1 is 1.38 bits per heavy atom. The Balaban J connectivity index is 3.22. The molecule has 0 aliphatic rings. The Morgan fingerprint density at radius 2 is 1.94 bits per heavy atom. The van der Waals surface area contributed by atoms with E-state index in [1.54, 1.807) is 0 Å². The predicted octanol–water partition coefficient (Wildman–Crippen LogP) is 1.90. The molecule has 0 aliphatic carbocycles. The minimum Gasteiger partial charge on any atom is -0.508 e. The Hall–Kier alpha value is -1.83. The molecule has 1 atom stereocenters. The molecule has 0 saturated carbocycles. The largest absolute Gasteiger partial charge is 0.508 e. The van der Waals surface area contributed by atoms with Crippen LogP contribution < -0.4 is 0 Å². The lowest BCUT2D eigenvalue weighted by molar-refractivity contribution is -0.385. The first-order valence-electron chi connectivity index (χ1n) is 3.95. The number of benzene rings is 1. The zero-order valence-corrected chi connectivity index (χ0v) is 7.60. The number of hydrogen-bond donors (Lipinski definition) is 2. The number of phenolic OH excluding ortho intramolecular Hbond substituents is 1. The van der Waals surface area contributed by atoms with Crippen molar-refractivity contribution in [1.82, 2.24) is 0 Å². The highest BCUT2D eigenvalue weighted by molar-refractivity contribution is 5.44. The van der Waals surface area contributed by atoms with Crippen LogP contribution in [0.4, 0.5) is 18.9 Å². The number of rotatable bonds is 2. The summed E-state index contributed by atoms with van der Waals surface area (Å²) in [6.45, 7) is 0. The topological polar surface area (TPSA) is 83.6 Å². The number of nitrogens with zero attached hydrogens (tertiary/aromatic N) is 1. The van der Waals surface area contributed by atoms with Crippen molar-refractivity contribution in [2.75, 3.05) is 0 Å². The summed E-state index contributed by atoms with van der Waals surface area (Å²) in [4.78, 5) is 9.37. The number of hydrogen-bond acceptors (Lipinski definition) is 4. The summed E-state index contributed by atoms with van der Waals surface area (Å²) in [5.74, 6) is -0.851. The van der Waals surface area contributed by atoms with Gasteiger partial charge in [-0.1, -0.05) is 0 Å². The standard InChI is InChI=1S/C8H6F3NO4/c9-8(10,11)7(14)5-3-4(12(15)16)1-2-6(5)13/h1-3,7,13-14H/t7-/m1/s1. The fraction of sp³-hybridized carbons (Fsp3) is 0.250. The Kier molecular flexibility index (Phi) is 3.04. The molecule has 2 N–H and O–H groups in total. The summed E-state index contributed by atoms with van der Waals surface area (Å²) in [5.41, 5.74) is -1.59. The van der Waals surface area contributed by atoms with Crippen molar-refractivity contribution in [2.45, 2.75) is 12.3 Å². The van der Waals surface area contributed by atoms with E-state index >= 15 is 0 Å². The highest BCUT2D eigenvalue weighted by Gasteiger charge is 2.41. The summed E-state index contributed by atoms with van der Waals surface area (Å²) in [6, 6.07) is 2.04. The number of aliphatic hydroxyl groups is 1. The van der Waals surface area contributed by atoms with Gasteiger partial charge in [0.2, 0.25) is 0 Å². The average molecular weight is 237 g/mol. The molecule has 0 heterocycles. The highest BCUT2D eigenvalue weighted by atomic mass is 19.4. The number of nitro groups is 1. The molecule has 8 heteroatoms. The fourth-order valence-electron chi connectivity index (χ4n) is 1.05. The number of aromatic hydroxyl groups is 1. The summed E-state index contributed by atoms with van der Waals surface area (Å²) in [6.07, 6.45) is -7.94. The number of halogens is 3. The van der Waals surface area contributed by atoms with Crippen LogP contribution in [0.1, 0.15) is 11.7 Å². The van der Waals surface area contributed by atoms with Crippen LogP contribution in [0, 0.1) is 10.1 Å². The van der Waals surface area contributed by atoms with Gasteiger partial charge >= 0.3 is 6.18 Å². The van der Waals surface area contributed by atoms with E-state index in [1.165, 1.54) is 0 Å². The van der Waals surface area contributed by atoms with Gasteiger partial charge in [0.25, 0.3) is 5.69 Å². The molecule has 88 valence electrons. The summed E-state index contributed by atoms with van der Waals surface area (Å²) in [5, 5.41) is 28.2. The smallest absolute Gasteiger partial charge is 0.418 e. The highest BCUT2D eigenvalue weighted by Crippen LogP contribution is 2.38. The first-order valence-corrected chi connectivity index (χ1v) is 3.95. The van der Waals surface area contributed by atoms with Crippen LogP contribution in [0.2, 0.25) is 0 Å². The molecular weight excluding hydrogens is 231 g/mol. The molecule has 0 unspecified atom stereocenters. The third kappa shape index (κ3) is 2.40. The van der Waals surface area contributed by atoms with Crippen molar-refractivity contribution in [3.05, 3.63) is 33.9 Å². The number of alkyl halides is 3. The Labute approximate surface area is 86.9 Å². The molecule has 0 spiro atoms. The van der Waals surface area contributed by atoms with E-state index in [0.717, 1.165) is 12.1 Å². The van der Waals surface area contributed by atoms with E-state index in [9.17, 15) is 23.3 Å². The second kappa shape index (κ2) is 3.97. The van der Waals surface area contributed by atoms with Gasteiger partial charge in [0.1, 0.15) is 5.75 Å². The quantitative estimate of drug-likeness (QED) is 0.607. The molecule has 1 rings (SSSR count). The monoisotopic (exact) mass is 237 g/mol. The number of phenols is 1. The normalized spacial score (nSPS) is 13.5. The Bertz CT molecular complexity index is 418. The third-order valence-electron chi connectivity index (χ3n) is 1.83. The molecule has 0 bridgehead atoms. The molecule has 0 saturated heterocycles. The van der Waals surface area contributed by atoms with Crippen molar-refractivity contribution in [3.63, 3.8) is 0 Å². The second-order valence-corrected chi connectivity index (χ2v) is 2.94. The average Bonchev–Trinajstić information content (AvgIpc) is 2.15. The van der Waals surface area contributed by atoms with Gasteiger partial charge in [-0.2, -0.15) is 13.2 Å². The number of aliphatic hydroxyl groups excluding tert-OH is 1. The van der Waals surface area contributed by atoms with Crippen molar-refractivity contribution >= 4 is 5.69 Å². The van der Waals surface area contributed by atoms with Gasteiger partial charge in [-0.3, -0.25) is 10.1 Å². The van der Waals surface area contributed by atoms with Crippen molar-refractivity contribution in [1.29, 1.82) is 0 Å². The SMILES string of the molecule is O=[N+]([O-])c1ccc(O)c([C@@H](O)C(F)(F)F)c1. The van der Waals surface area contributed by atoms with Crippen molar-refractivity contribution < 1.29 is 28.3 Å². The van der Waals surface area contributed by atoms with Crippen LogP contribution in [-0.2, 0) is 0 Å². The van der Waals surface area contributed by atoms with Crippen LogP contribution >= 0.6 is 0 Å². The molecule has 1 aromatic rings. The number of nitro benzene ring substituents is 1. The van der Waals surface area contributed by atoms with Gasteiger partial charge in [-0.15, -0.1) is 0 Å². The maximum Gasteiger partial charge on any atom is 0.418 e. The van der Waals surface area contributed by atoms with E-state index < -0.39 is 34.2 Å². The zero-order valence-electron chi connectivity index (χ0n) is 7.60. The van der Waals surface area contributed by atoms with Gasteiger partial charge in [0, 0.05) is 17.7 Å². The van der Waals surface area contributed by atoms with Crippen LogP contribution in [0.5, 0.6) is 5.75 Å². The lowest BCUT2D eigenvalue weighted by atomic mass is 10.1. The van der Waals surface area contributed by atoms with Crippen molar-refractivity contribution in [2.24, 2.45) is 0 Å². The van der Waals surface area contributed by atoms with Gasteiger partial charge in [0.15, 0.2) is 6.10 Å². The Morgan fingerprint density at radius 3 is 2.38 bits per heavy atom. The van der Waals surface area contributed by atoms with E-state index in [1.807, 2.05) is 0 Å². The van der Waals surface area contributed by atoms with Crippen LogP contribution in [0.15, 0.2) is 18.2 Å². The lowest BCUT2D eigenvalue weighted by Crippen LogP contribution is -2.20. The van der Waals surface area contributed by atoms with Gasteiger partial charge in [-0.05, 0) is 6.07 Å². The van der Waals surface area contributed by atoms with Gasteiger partial charge < -0.3 is 10.2 Å². The van der Waals surface area contributed by atoms with E-state index in [-0.39, 0.29) is 0 Å². The summed E-state index contributed by atoms with van der Waals surface area (Å²) in [7, 11) is 0. The van der Waals surface area contributed by atoms with E-state index in [2.05, 4.69) is 0 Å². The van der Waals surface area contributed by atoms with Crippen LogP contribution in [0.25, 0.3) is 0 Å². The zero-order chi connectivity index (χ0) is 12.5. The van der Waals surface area contributed by atoms with Crippen LogP contribution in [-0.4, -0.2) is 21.3 Å². The maximum atomic E-state index is 12.1. The summed E-state index contributed by atoms with van der Waals surface area (Å²) < 4.78 is 36.4. The van der Waals surface area contributed by atoms with E-state index in [4.69, 9.17) is 10.2 Å². The first kappa shape index (κ1) is 12.2. The summed E-state index contributed by atoms with van der Waals surface area (Å²) >= 11 is 0. The molecular formula is C8H6F3NO4. The molecule has 0 radical (unpaired) electrons. The van der Waals surface area contributed by atoms with Crippen LogP contribution in [0.3, 0.4) is 0 Å². The van der Waals surface area contributed by atoms with Gasteiger partial charge in [-0.25, -0.2) is 0 Å².